The van der Waals surface area contributed by atoms with Crippen molar-refractivity contribution in [2.24, 2.45) is 0 Å². The van der Waals surface area contributed by atoms with Crippen molar-refractivity contribution in [1.29, 1.82) is 0 Å². The van der Waals surface area contributed by atoms with Gasteiger partial charge in [0.05, 0.1) is 19.3 Å². The Hall–Kier alpha value is -0.903. The lowest BCUT2D eigenvalue weighted by atomic mass is 10.2. The topological polar surface area (TPSA) is 18.5 Å². The molecule has 2 nitrogen and oxygen atoms in total. The monoisotopic (exact) mass is 318 g/mol. The summed E-state index contributed by atoms with van der Waals surface area (Å²) in [6.45, 7) is 13.0. The van der Waals surface area contributed by atoms with Crippen LogP contribution >= 0.6 is 0 Å². The minimum atomic E-state index is -1.66. The average molecular weight is 319 g/mol. The Bertz CT molecular complexity index is 500. The van der Waals surface area contributed by atoms with Gasteiger partial charge in [-0.1, -0.05) is 57.2 Å². The van der Waals surface area contributed by atoms with E-state index in [1.165, 1.54) is 11.1 Å². The second kappa shape index (κ2) is 7.11. The largest absolute Gasteiger partial charge is 0.413 e. The molecule has 1 aliphatic carbocycles. The summed E-state index contributed by atoms with van der Waals surface area (Å²) in [5.74, 6) is 0. The van der Waals surface area contributed by atoms with Gasteiger partial charge >= 0.3 is 0 Å². The summed E-state index contributed by atoms with van der Waals surface area (Å²) < 4.78 is 12.3. The molecule has 0 fully saturated rings. The predicted molar refractivity (Wildman–Crippen MR) is 95.5 cm³/mol. The maximum absolute atomic E-state index is 6.49. The van der Waals surface area contributed by atoms with Crippen LogP contribution in [0.5, 0.6) is 0 Å². The third-order valence-electron chi connectivity index (χ3n) is 4.83. The molecule has 122 valence electrons. The summed E-state index contributed by atoms with van der Waals surface area (Å²) in [7, 11) is -1.66. The number of benzene rings is 1. The van der Waals surface area contributed by atoms with Crippen LogP contribution in [-0.2, 0) is 15.8 Å². The van der Waals surface area contributed by atoms with Crippen molar-refractivity contribution in [2.75, 3.05) is 6.61 Å². The Morgan fingerprint density at radius 2 is 1.77 bits per heavy atom. The van der Waals surface area contributed by atoms with E-state index in [1.54, 1.807) is 0 Å². The SMILES string of the molecule is CC(C)(C)[Si](C)(C)O[C@@H]1CC=C(COCc2ccccc2)C1. The fourth-order valence-corrected chi connectivity index (χ4v) is 3.80. The van der Waals surface area contributed by atoms with E-state index in [1.807, 2.05) is 6.07 Å². The average Bonchev–Trinajstić information content (AvgIpc) is 2.85. The maximum atomic E-state index is 6.49. The molecular weight excluding hydrogens is 288 g/mol. The third kappa shape index (κ3) is 4.80. The van der Waals surface area contributed by atoms with Gasteiger partial charge in [0.1, 0.15) is 0 Å². The van der Waals surface area contributed by atoms with E-state index < -0.39 is 8.32 Å². The fourth-order valence-electron chi connectivity index (χ4n) is 2.43. The highest BCUT2D eigenvalue weighted by atomic mass is 28.4. The molecule has 22 heavy (non-hydrogen) atoms. The van der Waals surface area contributed by atoms with Gasteiger partial charge in [0.15, 0.2) is 8.32 Å². The van der Waals surface area contributed by atoms with Crippen LogP contribution in [0, 0.1) is 0 Å². The summed E-state index contributed by atoms with van der Waals surface area (Å²) in [5.41, 5.74) is 2.62. The summed E-state index contributed by atoms with van der Waals surface area (Å²) in [6.07, 6.45) is 4.73. The molecule has 1 atom stereocenters. The van der Waals surface area contributed by atoms with Gasteiger partial charge in [-0.15, -0.1) is 0 Å². The molecule has 1 aromatic carbocycles. The normalized spacial score (nSPS) is 19.3. The van der Waals surface area contributed by atoms with Gasteiger partial charge in [-0.25, -0.2) is 0 Å². The first kappa shape index (κ1) is 17.5. The van der Waals surface area contributed by atoms with E-state index in [2.05, 4.69) is 64.2 Å². The Balaban J connectivity index is 1.74. The molecule has 1 aromatic rings. The molecule has 0 saturated carbocycles. The summed E-state index contributed by atoms with van der Waals surface area (Å²) in [6, 6.07) is 10.3. The second-order valence-corrected chi connectivity index (χ2v) is 12.5. The molecular formula is C19H30O2Si. The molecule has 1 aliphatic rings. The van der Waals surface area contributed by atoms with Crippen molar-refractivity contribution in [3.63, 3.8) is 0 Å². The first-order valence-corrected chi connectivity index (χ1v) is 11.2. The van der Waals surface area contributed by atoms with Crippen molar-refractivity contribution in [3.05, 3.63) is 47.5 Å². The van der Waals surface area contributed by atoms with Gasteiger partial charge in [0, 0.05) is 0 Å². The Morgan fingerprint density at radius 1 is 1.09 bits per heavy atom. The predicted octanol–water partition coefficient (Wildman–Crippen LogP) is 5.31. The van der Waals surface area contributed by atoms with Crippen LogP contribution in [0.2, 0.25) is 18.1 Å². The third-order valence-corrected chi connectivity index (χ3v) is 9.36. The van der Waals surface area contributed by atoms with E-state index in [4.69, 9.17) is 9.16 Å². The lowest BCUT2D eigenvalue weighted by Gasteiger charge is -2.38. The highest BCUT2D eigenvalue weighted by molar-refractivity contribution is 6.74. The lowest BCUT2D eigenvalue weighted by Crippen LogP contribution is -2.43. The van der Waals surface area contributed by atoms with Crippen molar-refractivity contribution < 1.29 is 9.16 Å². The fraction of sp³-hybridized carbons (Fsp3) is 0.579. The lowest BCUT2D eigenvalue weighted by molar-refractivity contribution is 0.135. The summed E-state index contributed by atoms with van der Waals surface area (Å²) in [4.78, 5) is 0. The van der Waals surface area contributed by atoms with Gasteiger partial charge in [-0.2, -0.15) is 0 Å². The zero-order chi connectivity index (χ0) is 16.2. The Labute approximate surface area is 136 Å². The molecule has 0 heterocycles. The zero-order valence-corrected chi connectivity index (χ0v) is 15.7. The molecule has 0 saturated heterocycles. The van der Waals surface area contributed by atoms with Gasteiger partial charge < -0.3 is 9.16 Å². The molecule has 3 heteroatoms. The van der Waals surface area contributed by atoms with Crippen molar-refractivity contribution in [3.8, 4) is 0 Å². The Morgan fingerprint density at radius 3 is 2.41 bits per heavy atom. The Kier molecular flexibility index (Phi) is 5.64. The zero-order valence-electron chi connectivity index (χ0n) is 14.7. The minimum absolute atomic E-state index is 0.277. The molecule has 2 rings (SSSR count). The molecule has 0 aromatic heterocycles. The minimum Gasteiger partial charge on any atom is -0.413 e. The molecule has 0 bridgehead atoms. The van der Waals surface area contributed by atoms with Crippen molar-refractivity contribution in [1.82, 2.24) is 0 Å². The quantitative estimate of drug-likeness (QED) is 0.522. The number of hydrogen-bond donors (Lipinski definition) is 0. The van der Waals surface area contributed by atoms with Crippen LogP contribution in [0.4, 0.5) is 0 Å². The van der Waals surface area contributed by atoms with Gasteiger partial charge in [-0.3, -0.25) is 0 Å². The number of hydrogen-bond acceptors (Lipinski definition) is 2. The first-order valence-electron chi connectivity index (χ1n) is 8.25. The van der Waals surface area contributed by atoms with Crippen LogP contribution in [0.25, 0.3) is 0 Å². The highest BCUT2D eigenvalue weighted by Crippen LogP contribution is 2.39. The highest BCUT2D eigenvalue weighted by Gasteiger charge is 2.39. The van der Waals surface area contributed by atoms with Gasteiger partial charge in [0.2, 0.25) is 0 Å². The molecule has 0 amide bonds. The molecule has 0 N–H and O–H groups in total. The van der Waals surface area contributed by atoms with E-state index in [9.17, 15) is 0 Å². The second-order valence-electron chi connectivity index (χ2n) is 7.78. The summed E-state index contributed by atoms with van der Waals surface area (Å²) in [5, 5.41) is 0.277. The number of rotatable bonds is 6. The van der Waals surface area contributed by atoms with Crippen LogP contribution in [0.15, 0.2) is 42.0 Å². The van der Waals surface area contributed by atoms with Crippen LogP contribution in [-0.4, -0.2) is 21.0 Å². The van der Waals surface area contributed by atoms with Crippen LogP contribution in [0.1, 0.15) is 39.2 Å². The smallest absolute Gasteiger partial charge is 0.192 e. The maximum Gasteiger partial charge on any atom is 0.192 e. The standard InChI is InChI=1S/C19H30O2Si/c1-19(2,3)22(4,5)21-18-12-11-17(13-18)15-20-14-16-9-7-6-8-10-16/h6-11,18H,12-15H2,1-5H3/t18-/m1/s1. The molecule has 0 unspecified atom stereocenters. The van der Waals surface area contributed by atoms with E-state index >= 15 is 0 Å². The number of ether oxygens (including phenoxy) is 1. The van der Waals surface area contributed by atoms with E-state index in [-0.39, 0.29) is 5.04 Å². The van der Waals surface area contributed by atoms with Gasteiger partial charge in [-0.05, 0) is 42.1 Å². The van der Waals surface area contributed by atoms with Crippen molar-refractivity contribution in [2.45, 2.75) is 64.5 Å². The van der Waals surface area contributed by atoms with Crippen LogP contribution in [0.3, 0.4) is 0 Å². The van der Waals surface area contributed by atoms with Crippen LogP contribution < -0.4 is 0 Å². The molecule has 0 aliphatic heterocycles. The first-order chi connectivity index (χ1) is 10.3. The molecule has 0 spiro atoms. The van der Waals surface area contributed by atoms with E-state index in [0.29, 0.717) is 12.7 Å². The van der Waals surface area contributed by atoms with Crippen molar-refractivity contribution >= 4 is 8.32 Å². The van der Waals surface area contributed by atoms with Gasteiger partial charge in [0.25, 0.3) is 0 Å². The van der Waals surface area contributed by atoms with E-state index in [0.717, 1.165) is 19.4 Å². The molecule has 0 radical (unpaired) electrons. The summed E-state index contributed by atoms with van der Waals surface area (Å²) >= 11 is 0.